The number of piperazine rings is 1. The van der Waals surface area contributed by atoms with Gasteiger partial charge in [-0.25, -0.2) is 4.39 Å². The largest absolute Gasteiger partial charge is 0.335 e. The Kier molecular flexibility index (Phi) is 3.63. The van der Waals surface area contributed by atoms with Gasteiger partial charge in [0, 0.05) is 25.2 Å². The van der Waals surface area contributed by atoms with E-state index in [0.717, 1.165) is 12.1 Å². The van der Waals surface area contributed by atoms with Gasteiger partial charge in [-0.1, -0.05) is 6.07 Å². The third-order valence-corrected chi connectivity index (χ3v) is 3.96. The number of nitrogens with zero attached hydrogens (tertiary/aromatic N) is 2. The van der Waals surface area contributed by atoms with E-state index in [0.29, 0.717) is 13.1 Å². The Hall–Kier alpha value is -1.42. The average Bonchev–Trinajstić information content (AvgIpc) is 2.32. The maximum atomic E-state index is 13.9. The predicted octanol–water partition coefficient (Wildman–Crippen LogP) is 2.30. The van der Waals surface area contributed by atoms with Crippen LogP contribution in [0.4, 0.5) is 4.39 Å². The molecule has 1 aromatic rings. The Balaban J connectivity index is 2.21. The van der Waals surface area contributed by atoms with Crippen molar-refractivity contribution in [2.24, 2.45) is 0 Å². The summed E-state index contributed by atoms with van der Waals surface area (Å²) in [5, 5.41) is 0. The number of carbonyl (C=O) groups is 1. The maximum Gasteiger partial charge on any atom is 0.256 e. The van der Waals surface area contributed by atoms with Crippen LogP contribution in [0.2, 0.25) is 0 Å². The summed E-state index contributed by atoms with van der Waals surface area (Å²) in [4.78, 5) is 16.4. The molecule has 4 heteroatoms. The first-order chi connectivity index (χ1) is 8.81. The van der Waals surface area contributed by atoms with Crippen LogP contribution in [0, 0.1) is 12.7 Å². The predicted molar refractivity (Wildman–Crippen MR) is 73.7 cm³/mol. The molecule has 1 amide bonds. The summed E-state index contributed by atoms with van der Waals surface area (Å²) in [6, 6.07) is 4.77. The van der Waals surface area contributed by atoms with Crippen LogP contribution in [-0.2, 0) is 0 Å². The number of hydrogen-bond donors (Lipinski definition) is 0. The number of carbonyl (C=O) groups excluding carboxylic acids is 1. The summed E-state index contributed by atoms with van der Waals surface area (Å²) in [6.45, 7) is 8.08. The van der Waals surface area contributed by atoms with E-state index in [9.17, 15) is 9.18 Å². The number of halogens is 1. The first-order valence-corrected chi connectivity index (χ1v) is 6.58. The van der Waals surface area contributed by atoms with Crippen molar-refractivity contribution in [2.45, 2.75) is 26.3 Å². The van der Waals surface area contributed by atoms with Crippen molar-refractivity contribution in [3.63, 3.8) is 0 Å². The van der Waals surface area contributed by atoms with Crippen LogP contribution in [0.3, 0.4) is 0 Å². The van der Waals surface area contributed by atoms with Crippen LogP contribution in [0.25, 0.3) is 0 Å². The van der Waals surface area contributed by atoms with Crippen molar-refractivity contribution in [2.75, 3.05) is 26.7 Å². The molecule has 104 valence electrons. The molecular formula is C15H21FN2O. The SMILES string of the molecule is Cc1ccc(C(=O)N2CCN(C)C(C)(C)C2)c(F)c1. The molecule has 3 nitrogen and oxygen atoms in total. The van der Waals surface area contributed by atoms with Gasteiger partial charge in [0.15, 0.2) is 0 Å². The molecule has 2 rings (SSSR count). The summed E-state index contributed by atoms with van der Waals surface area (Å²) in [6.07, 6.45) is 0. The van der Waals surface area contributed by atoms with Gasteiger partial charge >= 0.3 is 0 Å². The highest BCUT2D eigenvalue weighted by Gasteiger charge is 2.34. The van der Waals surface area contributed by atoms with E-state index in [2.05, 4.69) is 18.7 Å². The average molecular weight is 264 g/mol. The van der Waals surface area contributed by atoms with E-state index in [-0.39, 0.29) is 17.0 Å². The van der Waals surface area contributed by atoms with Crippen molar-refractivity contribution < 1.29 is 9.18 Å². The Morgan fingerprint density at radius 2 is 2.00 bits per heavy atom. The van der Waals surface area contributed by atoms with Crippen molar-refractivity contribution in [1.29, 1.82) is 0 Å². The molecule has 0 N–H and O–H groups in total. The molecular weight excluding hydrogens is 243 g/mol. The zero-order chi connectivity index (χ0) is 14.2. The third kappa shape index (κ3) is 2.78. The molecule has 0 spiro atoms. The van der Waals surface area contributed by atoms with Crippen LogP contribution >= 0.6 is 0 Å². The minimum Gasteiger partial charge on any atom is -0.335 e. The van der Waals surface area contributed by atoms with Gasteiger partial charge in [-0.05, 0) is 45.5 Å². The molecule has 19 heavy (non-hydrogen) atoms. The minimum atomic E-state index is -0.429. The molecule has 1 heterocycles. The molecule has 1 saturated heterocycles. The molecule has 0 unspecified atom stereocenters. The van der Waals surface area contributed by atoms with Crippen LogP contribution in [0.1, 0.15) is 29.8 Å². The van der Waals surface area contributed by atoms with E-state index in [4.69, 9.17) is 0 Å². The van der Waals surface area contributed by atoms with Gasteiger partial charge in [0.25, 0.3) is 5.91 Å². The van der Waals surface area contributed by atoms with E-state index < -0.39 is 5.82 Å². The van der Waals surface area contributed by atoms with Gasteiger partial charge in [0.2, 0.25) is 0 Å². The Bertz CT molecular complexity index is 499. The molecule has 0 saturated carbocycles. The van der Waals surface area contributed by atoms with Crippen molar-refractivity contribution in [3.8, 4) is 0 Å². The normalized spacial score (nSPS) is 19.5. The second kappa shape index (κ2) is 4.93. The molecule has 1 aliphatic heterocycles. The topological polar surface area (TPSA) is 23.6 Å². The van der Waals surface area contributed by atoms with Crippen molar-refractivity contribution in [3.05, 3.63) is 35.1 Å². The first-order valence-electron chi connectivity index (χ1n) is 6.58. The van der Waals surface area contributed by atoms with Gasteiger partial charge in [-0.3, -0.25) is 9.69 Å². The minimum absolute atomic E-state index is 0.0743. The summed E-state index contributed by atoms with van der Waals surface area (Å²) < 4.78 is 13.9. The van der Waals surface area contributed by atoms with Gasteiger partial charge in [-0.15, -0.1) is 0 Å². The molecule has 1 aliphatic rings. The molecule has 0 aromatic heterocycles. The van der Waals surface area contributed by atoms with Crippen LogP contribution in [-0.4, -0.2) is 47.9 Å². The second-order valence-corrected chi connectivity index (χ2v) is 5.94. The van der Waals surface area contributed by atoms with Gasteiger partial charge in [0.1, 0.15) is 5.82 Å². The van der Waals surface area contributed by atoms with E-state index in [1.807, 2.05) is 14.0 Å². The zero-order valence-corrected chi connectivity index (χ0v) is 12.0. The number of aryl methyl sites for hydroxylation is 1. The van der Waals surface area contributed by atoms with Crippen LogP contribution in [0.15, 0.2) is 18.2 Å². The van der Waals surface area contributed by atoms with Crippen molar-refractivity contribution >= 4 is 5.91 Å². The fourth-order valence-corrected chi connectivity index (χ4v) is 2.38. The highest BCUT2D eigenvalue weighted by Crippen LogP contribution is 2.21. The Morgan fingerprint density at radius 3 is 2.58 bits per heavy atom. The fourth-order valence-electron chi connectivity index (χ4n) is 2.38. The van der Waals surface area contributed by atoms with E-state index >= 15 is 0 Å². The molecule has 0 atom stereocenters. The monoisotopic (exact) mass is 264 g/mol. The number of benzene rings is 1. The Morgan fingerprint density at radius 1 is 1.32 bits per heavy atom. The second-order valence-electron chi connectivity index (χ2n) is 5.94. The van der Waals surface area contributed by atoms with E-state index in [1.54, 1.807) is 17.0 Å². The van der Waals surface area contributed by atoms with Gasteiger partial charge in [-0.2, -0.15) is 0 Å². The number of likely N-dealkylation sites (N-methyl/N-ethyl adjacent to an activating group) is 1. The summed E-state index contributed by atoms with van der Waals surface area (Å²) in [5.74, 6) is -0.639. The van der Waals surface area contributed by atoms with Gasteiger partial charge < -0.3 is 4.90 Å². The molecule has 1 fully saturated rings. The molecule has 0 radical (unpaired) electrons. The number of amides is 1. The lowest BCUT2D eigenvalue weighted by Gasteiger charge is -2.45. The molecule has 1 aromatic carbocycles. The lowest BCUT2D eigenvalue weighted by molar-refractivity contribution is 0.0308. The lowest BCUT2D eigenvalue weighted by atomic mass is 9.99. The number of rotatable bonds is 1. The number of hydrogen-bond acceptors (Lipinski definition) is 2. The highest BCUT2D eigenvalue weighted by molar-refractivity contribution is 5.94. The molecule has 0 bridgehead atoms. The zero-order valence-electron chi connectivity index (χ0n) is 12.0. The summed E-state index contributed by atoms with van der Waals surface area (Å²) in [5.41, 5.74) is 0.924. The Labute approximate surface area is 114 Å². The summed E-state index contributed by atoms with van der Waals surface area (Å²) >= 11 is 0. The van der Waals surface area contributed by atoms with Crippen LogP contribution in [0.5, 0.6) is 0 Å². The lowest BCUT2D eigenvalue weighted by Crippen LogP contribution is -2.58. The van der Waals surface area contributed by atoms with E-state index in [1.165, 1.54) is 6.07 Å². The van der Waals surface area contributed by atoms with Crippen LogP contribution < -0.4 is 0 Å². The third-order valence-electron chi connectivity index (χ3n) is 3.96. The molecule has 0 aliphatic carbocycles. The maximum absolute atomic E-state index is 13.9. The summed E-state index contributed by atoms with van der Waals surface area (Å²) in [7, 11) is 2.05. The fraction of sp³-hybridized carbons (Fsp3) is 0.533. The first kappa shape index (κ1) is 14.0. The van der Waals surface area contributed by atoms with Crippen molar-refractivity contribution in [1.82, 2.24) is 9.80 Å². The van der Waals surface area contributed by atoms with Gasteiger partial charge in [0.05, 0.1) is 5.56 Å². The highest BCUT2D eigenvalue weighted by atomic mass is 19.1. The standard InChI is InChI=1S/C15H21FN2O/c1-11-5-6-12(13(16)9-11)14(19)18-8-7-17(4)15(2,3)10-18/h5-6,9H,7-8,10H2,1-4H3. The quantitative estimate of drug-likeness (QED) is 0.777. The smallest absolute Gasteiger partial charge is 0.256 e.